The van der Waals surface area contributed by atoms with Gasteiger partial charge in [0.05, 0.1) is 10.5 Å². The van der Waals surface area contributed by atoms with Gasteiger partial charge in [-0.1, -0.05) is 68.2 Å². The minimum absolute atomic E-state index is 0.0496. The first-order chi connectivity index (χ1) is 10.1. The summed E-state index contributed by atoms with van der Waals surface area (Å²) in [6, 6.07) is 10.1. The Morgan fingerprint density at radius 3 is 2.33 bits per heavy atom. The van der Waals surface area contributed by atoms with Gasteiger partial charge >= 0.3 is 0 Å². The number of nitrogens with one attached hydrogen (secondary N) is 1. The maximum atomic E-state index is 12.3. The van der Waals surface area contributed by atoms with Gasteiger partial charge in [0.15, 0.2) is 0 Å². The monoisotopic (exact) mass is 304 g/mol. The van der Waals surface area contributed by atoms with E-state index in [1.165, 1.54) is 18.4 Å². The molecule has 0 radical (unpaired) electrons. The molecule has 3 N–H and O–H groups in total. The van der Waals surface area contributed by atoms with Crippen molar-refractivity contribution in [2.45, 2.75) is 56.9 Å². The topological polar surface area (TPSA) is 55.1 Å². The van der Waals surface area contributed by atoms with Gasteiger partial charge in [-0.05, 0) is 24.8 Å². The maximum absolute atomic E-state index is 12.3. The van der Waals surface area contributed by atoms with Gasteiger partial charge in [0.25, 0.3) is 0 Å². The summed E-state index contributed by atoms with van der Waals surface area (Å²) in [6.45, 7) is 0. The predicted molar refractivity (Wildman–Crippen MR) is 90.1 cm³/mol. The highest BCUT2D eigenvalue weighted by Crippen LogP contribution is 2.27. The lowest BCUT2D eigenvalue weighted by molar-refractivity contribution is -0.122. The highest BCUT2D eigenvalue weighted by atomic mass is 32.1. The van der Waals surface area contributed by atoms with Crippen molar-refractivity contribution in [3.8, 4) is 0 Å². The van der Waals surface area contributed by atoms with Crippen LogP contribution in [0, 0.1) is 0 Å². The number of aryl methyl sites for hydroxylation is 1. The number of hydrogen-bond acceptors (Lipinski definition) is 2. The van der Waals surface area contributed by atoms with E-state index >= 15 is 0 Å². The molecule has 114 valence electrons. The van der Waals surface area contributed by atoms with Crippen LogP contribution < -0.4 is 11.1 Å². The highest BCUT2D eigenvalue weighted by molar-refractivity contribution is 7.80. The zero-order chi connectivity index (χ0) is 15.1. The molecule has 0 spiro atoms. The summed E-state index contributed by atoms with van der Waals surface area (Å²) in [6.07, 6.45) is 7.54. The van der Waals surface area contributed by atoms with Gasteiger partial charge in [-0.3, -0.25) is 4.79 Å². The average Bonchev–Trinajstić information content (AvgIpc) is 2.73. The van der Waals surface area contributed by atoms with Gasteiger partial charge in [-0.2, -0.15) is 0 Å². The zero-order valence-electron chi connectivity index (χ0n) is 12.4. The fraction of sp³-hybridized carbons (Fsp3) is 0.529. The summed E-state index contributed by atoms with van der Waals surface area (Å²) < 4.78 is 0. The molecule has 0 unspecified atom stereocenters. The van der Waals surface area contributed by atoms with E-state index in [0.717, 1.165) is 32.1 Å². The average molecular weight is 304 g/mol. The molecule has 0 saturated heterocycles. The Bertz CT molecular complexity index is 479. The number of nitrogens with two attached hydrogens (primary N) is 1. The van der Waals surface area contributed by atoms with Gasteiger partial charge in [0.1, 0.15) is 0 Å². The molecule has 1 amide bonds. The van der Waals surface area contributed by atoms with Gasteiger partial charge < -0.3 is 11.1 Å². The number of carbonyl (C=O) groups excluding carboxylic acids is 1. The molecule has 21 heavy (non-hydrogen) atoms. The lowest BCUT2D eigenvalue weighted by atomic mass is 9.89. The van der Waals surface area contributed by atoms with E-state index in [9.17, 15) is 4.79 Å². The van der Waals surface area contributed by atoms with Crippen molar-refractivity contribution in [2.75, 3.05) is 0 Å². The van der Waals surface area contributed by atoms with Gasteiger partial charge in [-0.25, -0.2) is 0 Å². The molecule has 0 aromatic heterocycles. The number of amides is 1. The summed E-state index contributed by atoms with van der Waals surface area (Å²) in [5, 5.41) is 3.14. The molecule has 1 saturated carbocycles. The number of carbonyl (C=O) groups is 1. The smallest absolute Gasteiger partial charge is 0.221 e. The highest BCUT2D eigenvalue weighted by Gasteiger charge is 2.35. The molecule has 0 heterocycles. The minimum Gasteiger partial charge on any atom is -0.391 e. The molecular weight excluding hydrogens is 280 g/mol. The molecule has 1 aromatic carbocycles. The van der Waals surface area contributed by atoms with Crippen LogP contribution in [-0.4, -0.2) is 16.4 Å². The number of rotatable bonds is 5. The zero-order valence-corrected chi connectivity index (χ0v) is 13.3. The van der Waals surface area contributed by atoms with Gasteiger partial charge in [0.2, 0.25) is 5.91 Å². The summed E-state index contributed by atoms with van der Waals surface area (Å²) >= 11 is 5.25. The van der Waals surface area contributed by atoms with Crippen LogP contribution in [0.1, 0.15) is 50.5 Å². The molecule has 1 fully saturated rings. The number of benzene rings is 1. The first kappa shape index (κ1) is 16.0. The Hall–Kier alpha value is -1.42. The third-order valence-corrected chi connectivity index (χ3v) is 4.68. The first-order valence-corrected chi connectivity index (χ1v) is 8.18. The SMILES string of the molecule is NC(=S)C1(NC(=O)CCc2ccccc2)CCCCCC1. The van der Waals surface area contributed by atoms with Crippen LogP contribution in [0.3, 0.4) is 0 Å². The summed E-state index contributed by atoms with van der Waals surface area (Å²) in [5.41, 5.74) is 6.66. The lowest BCUT2D eigenvalue weighted by Gasteiger charge is -2.33. The van der Waals surface area contributed by atoms with E-state index in [4.69, 9.17) is 18.0 Å². The summed E-state index contributed by atoms with van der Waals surface area (Å²) in [5.74, 6) is 0.0496. The summed E-state index contributed by atoms with van der Waals surface area (Å²) in [4.78, 5) is 12.7. The van der Waals surface area contributed by atoms with Crippen LogP contribution in [0.4, 0.5) is 0 Å². The first-order valence-electron chi connectivity index (χ1n) is 7.77. The van der Waals surface area contributed by atoms with E-state index in [0.29, 0.717) is 11.4 Å². The van der Waals surface area contributed by atoms with Crippen LogP contribution in [0.2, 0.25) is 0 Å². The Balaban J connectivity index is 1.93. The number of hydrogen-bond donors (Lipinski definition) is 2. The third kappa shape index (κ3) is 4.53. The molecular formula is C17H24N2OS. The fourth-order valence-corrected chi connectivity index (χ4v) is 3.25. The van der Waals surface area contributed by atoms with Crippen molar-refractivity contribution < 1.29 is 4.79 Å². The standard InChI is InChI=1S/C17H24N2OS/c18-16(21)17(12-6-1-2-7-13-17)19-15(20)11-10-14-8-4-3-5-9-14/h3-5,8-9H,1-2,6-7,10-13H2,(H2,18,21)(H,19,20). The van der Waals surface area contributed by atoms with Crippen molar-refractivity contribution >= 4 is 23.1 Å². The van der Waals surface area contributed by atoms with E-state index in [-0.39, 0.29) is 5.91 Å². The molecule has 3 nitrogen and oxygen atoms in total. The van der Waals surface area contributed by atoms with E-state index < -0.39 is 5.54 Å². The molecule has 1 aliphatic rings. The Morgan fingerprint density at radius 1 is 1.14 bits per heavy atom. The predicted octanol–water partition coefficient (Wildman–Crippen LogP) is 3.11. The Morgan fingerprint density at radius 2 is 1.76 bits per heavy atom. The molecule has 0 bridgehead atoms. The van der Waals surface area contributed by atoms with Crippen molar-refractivity contribution in [1.29, 1.82) is 0 Å². The van der Waals surface area contributed by atoms with Crippen LogP contribution in [0.5, 0.6) is 0 Å². The van der Waals surface area contributed by atoms with Crippen molar-refractivity contribution in [2.24, 2.45) is 5.73 Å². The quantitative estimate of drug-likeness (QED) is 0.649. The second-order valence-electron chi connectivity index (χ2n) is 5.89. The van der Waals surface area contributed by atoms with Crippen LogP contribution in [0.25, 0.3) is 0 Å². The van der Waals surface area contributed by atoms with Crippen molar-refractivity contribution in [3.05, 3.63) is 35.9 Å². The Labute approximate surface area is 132 Å². The Kier molecular flexibility index (Phi) is 5.74. The largest absolute Gasteiger partial charge is 0.391 e. The van der Waals surface area contributed by atoms with Crippen LogP contribution in [-0.2, 0) is 11.2 Å². The molecule has 0 atom stereocenters. The maximum Gasteiger partial charge on any atom is 0.221 e. The lowest BCUT2D eigenvalue weighted by Crippen LogP contribution is -2.56. The van der Waals surface area contributed by atoms with Crippen LogP contribution >= 0.6 is 12.2 Å². The second kappa shape index (κ2) is 7.55. The van der Waals surface area contributed by atoms with Gasteiger partial charge in [-0.15, -0.1) is 0 Å². The molecule has 2 rings (SSSR count). The minimum atomic E-state index is -0.459. The number of thiocarbonyl (C=S) groups is 1. The third-order valence-electron chi connectivity index (χ3n) is 4.29. The van der Waals surface area contributed by atoms with E-state index in [1.807, 2.05) is 30.3 Å². The summed E-state index contributed by atoms with van der Waals surface area (Å²) in [7, 11) is 0. The van der Waals surface area contributed by atoms with Crippen LogP contribution in [0.15, 0.2) is 30.3 Å². The fourth-order valence-electron chi connectivity index (χ4n) is 3.00. The molecule has 1 aromatic rings. The molecule has 4 heteroatoms. The molecule has 0 aliphatic heterocycles. The van der Waals surface area contributed by atoms with E-state index in [1.54, 1.807) is 0 Å². The van der Waals surface area contributed by atoms with Crippen molar-refractivity contribution in [1.82, 2.24) is 5.32 Å². The van der Waals surface area contributed by atoms with Crippen molar-refractivity contribution in [3.63, 3.8) is 0 Å². The molecule has 1 aliphatic carbocycles. The van der Waals surface area contributed by atoms with E-state index in [2.05, 4.69) is 5.32 Å². The second-order valence-corrected chi connectivity index (χ2v) is 6.33. The van der Waals surface area contributed by atoms with Gasteiger partial charge in [0, 0.05) is 6.42 Å². The normalized spacial score (nSPS) is 17.7.